The number of hydrogen-bond donors (Lipinski definition) is 0. The standard InChI is InChI=1S/C25H26N6O2S/c1-18-16-22(32-17-23-27-24(29-33-23)19-8-10-21(34-2)11-9-19)28-25(26-18)31-14-12-30(13-15-31)20-6-4-3-5-7-20/h3-11,16H,12-15,17H2,1-2H3. The Morgan fingerprint density at radius 3 is 2.38 bits per heavy atom. The van der Waals surface area contributed by atoms with Crippen LogP contribution in [0.5, 0.6) is 5.88 Å². The Morgan fingerprint density at radius 1 is 0.912 bits per heavy atom. The number of hydrogen-bond acceptors (Lipinski definition) is 9. The second-order valence-corrected chi connectivity index (χ2v) is 8.87. The highest BCUT2D eigenvalue weighted by atomic mass is 32.2. The minimum atomic E-state index is 0.146. The number of ether oxygens (including phenoxy) is 1. The van der Waals surface area contributed by atoms with Crippen LogP contribution in [0.25, 0.3) is 11.4 Å². The van der Waals surface area contributed by atoms with Gasteiger partial charge in [-0.2, -0.15) is 9.97 Å². The highest BCUT2D eigenvalue weighted by molar-refractivity contribution is 7.98. The molecule has 0 N–H and O–H groups in total. The quantitative estimate of drug-likeness (QED) is 0.361. The van der Waals surface area contributed by atoms with Crippen molar-refractivity contribution < 1.29 is 9.26 Å². The van der Waals surface area contributed by atoms with Gasteiger partial charge in [-0.15, -0.1) is 11.8 Å². The van der Waals surface area contributed by atoms with Gasteiger partial charge < -0.3 is 19.1 Å². The molecular weight excluding hydrogens is 448 g/mol. The summed E-state index contributed by atoms with van der Waals surface area (Å²) in [4.78, 5) is 19.5. The highest BCUT2D eigenvalue weighted by Gasteiger charge is 2.20. The van der Waals surface area contributed by atoms with Gasteiger partial charge in [-0.05, 0) is 49.6 Å². The molecule has 0 spiro atoms. The van der Waals surface area contributed by atoms with Crippen LogP contribution < -0.4 is 14.5 Å². The Kier molecular flexibility index (Phi) is 6.62. The zero-order valence-corrected chi connectivity index (χ0v) is 20.0. The lowest BCUT2D eigenvalue weighted by molar-refractivity contribution is 0.235. The summed E-state index contributed by atoms with van der Waals surface area (Å²) in [6, 6.07) is 20.3. The molecule has 1 aliphatic rings. The first-order valence-corrected chi connectivity index (χ1v) is 12.4. The second kappa shape index (κ2) is 10.1. The molecule has 3 heterocycles. The fourth-order valence-corrected chi connectivity index (χ4v) is 4.26. The summed E-state index contributed by atoms with van der Waals surface area (Å²) >= 11 is 1.69. The molecule has 0 saturated carbocycles. The van der Waals surface area contributed by atoms with Crippen LogP contribution in [0.15, 0.2) is 70.1 Å². The van der Waals surface area contributed by atoms with Crippen LogP contribution in [0.3, 0.4) is 0 Å². The van der Waals surface area contributed by atoms with Crippen LogP contribution in [0.2, 0.25) is 0 Å². The number of para-hydroxylation sites is 1. The molecule has 9 heteroatoms. The number of thioether (sulfide) groups is 1. The summed E-state index contributed by atoms with van der Waals surface area (Å²) in [5.41, 5.74) is 3.00. The molecule has 1 aliphatic heterocycles. The lowest BCUT2D eigenvalue weighted by atomic mass is 10.2. The minimum absolute atomic E-state index is 0.146. The Hall–Kier alpha value is -3.59. The van der Waals surface area contributed by atoms with E-state index in [2.05, 4.69) is 54.2 Å². The van der Waals surface area contributed by atoms with Crippen molar-refractivity contribution in [1.29, 1.82) is 0 Å². The highest BCUT2D eigenvalue weighted by Crippen LogP contribution is 2.23. The molecule has 1 fully saturated rings. The lowest BCUT2D eigenvalue weighted by Crippen LogP contribution is -2.47. The Bertz CT molecular complexity index is 1220. The molecule has 34 heavy (non-hydrogen) atoms. The van der Waals surface area contributed by atoms with Crippen molar-refractivity contribution in [3.8, 4) is 17.3 Å². The first-order chi connectivity index (χ1) is 16.7. The fourth-order valence-electron chi connectivity index (χ4n) is 3.85. The molecule has 2 aromatic carbocycles. The zero-order valence-electron chi connectivity index (χ0n) is 19.2. The van der Waals surface area contributed by atoms with Gasteiger partial charge in [0.25, 0.3) is 5.89 Å². The molecule has 1 saturated heterocycles. The topological polar surface area (TPSA) is 80.4 Å². The number of rotatable bonds is 7. The minimum Gasteiger partial charge on any atom is -0.467 e. The monoisotopic (exact) mass is 474 g/mol. The molecule has 0 aliphatic carbocycles. The molecule has 5 rings (SSSR count). The van der Waals surface area contributed by atoms with Crippen molar-refractivity contribution >= 4 is 23.4 Å². The Labute approximate surface area is 203 Å². The van der Waals surface area contributed by atoms with E-state index in [-0.39, 0.29) is 6.61 Å². The van der Waals surface area contributed by atoms with Crippen LogP contribution in [0.1, 0.15) is 11.6 Å². The summed E-state index contributed by atoms with van der Waals surface area (Å²) < 4.78 is 11.3. The van der Waals surface area contributed by atoms with Crippen molar-refractivity contribution in [1.82, 2.24) is 20.1 Å². The van der Waals surface area contributed by atoms with E-state index in [1.165, 1.54) is 10.6 Å². The zero-order chi connectivity index (χ0) is 23.3. The lowest BCUT2D eigenvalue weighted by Gasteiger charge is -2.36. The number of piperazine rings is 1. The van der Waals surface area contributed by atoms with Gasteiger partial charge in [-0.25, -0.2) is 4.98 Å². The van der Waals surface area contributed by atoms with Gasteiger partial charge in [0, 0.05) is 54.1 Å². The van der Waals surface area contributed by atoms with Crippen molar-refractivity contribution in [3.63, 3.8) is 0 Å². The molecule has 0 amide bonds. The summed E-state index contributed by atoms with van der Waals surface area (Å²) in [6.07, 6.45) is 2.05. The van der Waals surface area contributed by atoms with Gasteiger partial charge in [-0.1, -0.05) is 23.4 Å². The van der Waals surface area contributed by atoms with E-state index in [9.17, 15) is 0 Å². The van der Waals surface area contributed by atoms with Crippen molar-refractivity contribution in [3.05, 3.63) is 72.2 Å². The van der Waals surface area contributed by atoms with Gasteiger partial charge in [-0.3, -0.25) is 0 Å². The van der Waals surface area contributed by atoms with E-state index >= 15 is 0 Å². The van der Waals surface area contributed by atoms with Crippen LogP contribution in [0, 0.1) is 6.92 Å². The molecule has 0 radical (unpaired) electrons. The Morgan fingerprint density at radius 2 is 1.65 bits per heavy atom. The fraction of sp³-hybridized carbons (Fsp3) is 0.280. The third-order valence-electron chi connectivity index (χ3n) is 5.66. The Balaban J connectivity index is 1.21. The largest absolute Gasteiger partial charge is 0.467 e. The second-order valence-electron chi connectivity index (χ2n) is 7.99. The average Bonchev–Trinajstić information content (AvgIpc) is 3.37. The van der Waals surface area contributed by atoms with E-state index in [1.807, 2.05) is 49.6 Å². The molecule has 2 aromatic heterocycles. The molecule has 8 nitrogen and oxygen atoms in total. The molecular formula is C25H26N6O2S. The van der Waals surface area contributed by atoms with E-state index in [0.29, 0.717) is 23.5 Å². The van der Waals surface area contributed by atoms with Gasteiger partial charge in [0.1, 0.15) is 0 Å². The van der Waals surface area contributed by atoms with Crippen LogP contribution in [-0.2, 0) is 6.61 Å². The first-order valence-electron chi connectivity index (χ1n) is 11.2. The number of anilines is 2. The molecule has 0 unspecified atom stereocenters. The first kappa shape index (κ1) is 22.2. The summed E-state index contributed by atoms with van der Waals surface area (Å²) in [6.45, 7) is 5.62. The van der Waals surface area contributed by atoms with E-state index in [0.717, 1.165) is 37.4 Å². The molecule has 0 atom stereocenters. The van der Waals surface area contributed by atoms with Crippen molar-refractivity contribution in [2.75, 3.05) is 42.2 Å². The number of aryl methyl sites for hydroxylation is 1. The van der Waals surface area contributed by atoms with Gasteiger partial charge in [0.05, 0.1) is 0 Å². The molecule has 0 bridgehead atoms. The van der Waals surface area contributed by atoms with Crippen LogP contribution >= 0.6 is 11.8 Å². The van der Waals surface area contributed by atoms with Gasteiger partial charge in [0.15, 0.2) is 6.61 Å². The van der Waals surface area contributed by atoms with E-state index < -0.39 is 0 Å². The summed E-state index contributed by atoms with van der Waals surface area (Å²) in [5.74, 6) is 2.13. The van der Waals surface area contributed by atoms with Crippen LogP contribution in [0.4, 0.5) is 11.6 Å². The van der Waals surface area contributed by atoms with Gasteiger partial charge >= 0.3 is 0 Å². The smallest absolute Gasteiger partial charge is 0.264 e. The summed E-state index contributed by atoms with van der Waals surface area (Å²) in [5, 5.41) is 4.08. The third-order valence-corrected chi connectivity index (χ3v) is 6.41. The van der Waals surface area contributed by atoms with Crippen molar-refractivity contribution in [2.24, 2.45) is 0 Å². The third kappa shape index (κ3) is 5.14. The average molecular weight is 475 g/mol. The predicted octanol–water partition coefficient (Wildman–Crippen LogP) is 4.46. The molecule has 4 aromatic rings. The van der Waals surface area contributed by atoms with Crippen LogP contribution in [-0.4, -0.2) is 52.5 Å². The maximum absolute atomic E-state index is 5.89. The van der Waals surface area contributed by atoms with Gasteiger partial charge in [0.2, 0.25) is 17.7 Å². The maximum Gasteiger partial charge on any atom is 0.264 e. The maximum atomic E-state index is 5.89. The number of benzene rings is 2. The SMILES string of the molecule is CSc1ccc(-c2noc(COc3cc(C)nc(N4CCN(c5ccccc5)CC4)n3)n2)cc1. The summed E-state index contributed by atoms with van der Waals surface area (Å²) in [7, 11) is 0. The number of nitrogens with zero attached hydrogens (tertiary/aromatic N) is 6. The normalized spacial score (nSPS) is 13.8. The predicted molar refractivity (Wildman–Crippen MR) is 133 cm³/mol. The molecule has 174 valence electrons. The van der Waals surface area contributed by atoms with E-state index in [4.69, 9.17) is 9.26 Å². The number of aromatic nitrogens is 4. The van der Waals surface area contributed by atoms with E-state index in [1.54, 1.807) is 11.8 Å². The van der Waals surface area contributed by atoms with Crippen molar-refractivity contribution in [2.45, 2.75) is 18.4 Å².